The van der Waals surface area contributed by atoms with Gasteiger partial charge in [0.25, 0.3) is 0 Å². The fraction of sp³-hybridized carbons (Fsp3) is 0.552. The molecule has 1 aliphatic heterocycles. The maximum absolute atomic E-state index is 11.5. The number of unbranched alkanes of at least 4 members (excludes halogenated alkanes) is 3. The summed E-state index contributed by atoms with van der Waals surface area (Å²) in [6.45, 7) is 7.35. The van der Waals surface area contributed by atoms with Crippen LogP contribution >= 0.6 is 24.8 Å². The lowest BCUT2D eigenvalue weighted by molar-refractivity contribution is -0.143. The van der Waals surface area contributed by atoms with Crippen molar-refractivity contribution in [2.45, 2.75) is 45.6 Å². The quantitative estimate of drug-likeness (QED) is 0.192. The molecule has 0 atom stereocenters. The van der Waals surface area contributed by atoms with E-state index in [9.17, 15) is 4.79 Å². The van der Waals surface area contributed by atoms with Crippen LogP contribution < -0.4 is 23.8 Å². The molecule has 8 nitrogen and oxygen atoms in total. The van der Waals surface area contributed by atoms with Crippen LogP contribution in [0.3, 0.4) is 0 Å². The number of halogens is 2. The fourth-order valence-electron chi connectivity index (χ4n) is 4.63. The molecule has 0 amide bonds. The number of hydrogen-bond donors (Lipinski definition) is 0. The third kappa shape index (κ3) is 10.2. The monoisotopic (exact) mass is 586 g/mol. The van der Waals surface area contributed by atoms with Crippen LogP contribution in [-0.2, 0) is 16.1 Å². The Hall–Kier alpha value is -2.55. The molecular formula is C29H44Cl2N2O6. The van der Waals surface area contributed by atoms with E-state index in [4.69, 9.17) is 23.7 Å². The molecule has 1 aliphatic rings. The summed E-state index contributed by atoms with van der Waals surface area (Å²) in [6.07, 6.45) is 4.19. The van der Waals surface area contributed by atoms with Gasteiger partial charge in [-0.2, -0.15) is 0 Å². The van der Waals surface area contributed by atoms with Crippen molar-refractivity contribution in [1.29, 1.82) is 0 Å². The number of benzene rings is 2. The van der Waals surface area contributed by atoms with Gasteiger partial charge in [-0.3, -0.25) is 9.69 Å². The Morgan fingerprint density at radius 3 is 2.15 bits per heavy atom. The second-order valence-corrected chi connectivity index (χ2v) is 9.04. The van der Waals surface area contributed by atoms with Crippen LogP contribution in [0.15, 0.2) is 36.4 Å². The summed E-state index contributed by atoms with van der Waals surface area (Å²) < 4.78 is 28.0. The zero-order valence-corrected chi connectivity index (χ0v) is 25.2. The number of piperazine rings is 1. The summed E-state index contributed by atoms with van der Waals surface area (Å²) in [5.41, 5.74) is 2.23. The van der Waals surface area contributed by atoms with E-state index < -0.39 is 0 Å². The van der Waals surface area contributed by atoms with Gasteiger partial charge in [-0.05, 0) is 38.0 Å². The normalized spacial score (nSPS) is 13.1. The summed E-state index contributed by atoms with van der Waals surface area (Å²) in [5, 5.41) is 0. The smallest absolute Gasteiger partial charge is 0.305 e. The molecule has 10 heteroatoms. The molecule has 1 saturated heterocycles. The van der Waals surface area contributed by atoms with Crippen LogP contribution in [0.25, 0.3) is 0 Å². The van der Waals surface area contributed by atoms with Crippen molar-refractivity contribution >= 4 is 36.5 Å². The van der Waals surface area contributed by atoms with Gasteiger partial charge in [0.05, 0.1) is 40.2 Å². The summed E-state index contributed by atoms with van der Waals surface area (Å²) >= 11 is 0. The largest absolute Gasteiger partial charge is 0.495 e. The first-order valence-electron chi connectivity index (χ1n) is 13.2. The van der Waals surface area contributed by atoms with Crippen LogP contribution in [0, 0.1) is 0 Å². The van der Waals surface area contributed by atoms with Crippen LogP contribution in [0.5, 0.6) is 23.0 Å². The van der Waals surface area contributed by atoms with Crippen molar-refractivity contribution in [2.75, 3.05) is 65.6 Å². The molecule has 3 rings (SSSR count). The Morgan fingerprint density at radius 2 is 1.49 bits per heavy atom. The zero-order valence-electron chi connectivity index (χ0n) is 23.6. The molecule has 0 N–H and O–H groups in total. The lowest BCUT2D eigenvalue weighted by Gasteiger charge is -2.37. The number of nitrogens with zero attached hydrogens (tertiary/aromatic N) is 2. The number of methoxy groups -OCH3 is 3. The minimum atomic E-state index is -0.117. The van der Waals surface area contributed by atoms with Crippen molar-refractivity contribution in [1.82, 2.24) is 4.90 Å². The molecule has 2 aromatic carbocycles. The number of para-hydroxylation sites is 2. The van der Waals surface area contributed by atoms with E-state index in [1.807, 2.05) is 25.1 Å². The molecule has 39 heavy (non-hydrogen) atoms. The van der Waals surface area contributed by atoms with Crippen molar-refractivity contribution in [3.63, 3.8) is 0 Å². The predicted molar refractivity (Wildman–Crippen MR) is 160 cm³/mol. The number of rotatable bonds is 15. The Labute approximate surface area is 245 Å². The molecule has 0 saturated carbocycles. The average Bonchev–Trinajstić information content (AvgIpc) is 2.93. The van der Waals surface area contributed by atoms with Gasteiger partial charge >= 0.3 is 5.97 Å². The third-order valence-corrected chi connectivity index (χ3v) is 6.60. The Bertz CT molecular complexity index is 986. The second-order valence-electron chi connectivity index (χ2n) is 9.04. The highest BCUT2D eigenvalue weighted by molar-refractivity contribution is 5.85. The standard InChI is InChI=1S/C29H42N2O6.2ClH/c1-5-36-27(32)14-8-6-7-11-21-37-28-23(15-16-26(34-3)29(28)35-4)22-30-17-19-31(20-18-30)24-12-9-10-13-25(24)33-2;;/h9-10,12-13,15-16H,5-8,11,14,17-22H2,1-4H3;2*1H. The van der Waals surface area contributed by atoms with E-state index in [2.05, 4.69) is 28.0 Å². The molecule has 0 radical (unpaired) electrons. The molecule has 220 valence electrons. The lowest BCUT2D eigenvalue weighted by Crippen LogP contribution is -2.46. The van der Waals surface area contributed by atoms with Crippen LogP contribution in [0.2, 0.25) is 0 Å². The van der Waals surface area contributed by atoms with Gasteiger partial charge in [-0.15, -0.1) is 24.8 Å². The van der Waals surface area contributed by atoms with Gasteiger partial charge in [0.2, 0.25) is 5.75 Å². The Kier molecular flexibility index (Phi) is 16.5. The molecule has 0 aliphatic carbocycles. The summed E-state index contributed by atoms with van der Waals surface area (Å²) in [6, 6.07) is 12.2. The molecule has 0 unspecified atom stereocenters. The van der Waals surface area contributed by atoms with Crippen LogP contribution in [0.1, 0.15) is 44.6 Å². The average molecular weight is 588 g/mol. The predicted octanol–water partition coefficient (Wildman–Crippen LogP) is 5.77. The van der Waals surface area contributed by atoms with E-state index in [-0.39, 0.29) is 30.8 Å². The van der Waals surface area contributed by atoms with Gasteiger partial charge in [-0.25, -0.2) is 0 Å². The highest BCUT2D eigenvalue weighted by atomic mass is 35.5. The number of hydrogen-bond acceptors (Lipinski definition) is 8. The van der Waals surface area contributed by atoms with Gasteiger partial charge in [0, 0.05) is 44.7 Å². The summed E-state index contributed by atoms with van der Waals surface area (Å²) in [4.78, 5) is 16.3. The first-order chi connectivity index (χ1) is 18.1. The SMILES string of the molecule is CCOC(=O)CCCCCCOc1c(CN2CCN(c3ccccc3OC)CC2)ccc(OC)c1OC.Cl.Cl. The van der Waals surface area contributed by atoms with E-state index in [0.29, 0.717) is 31.1 Å². The Balaban J connectivity index is 0.00000380. The molecule has 0 spiro atoms. The van der Waals surface area contributed by atoms with Gasteiger partial charge in [-0.1, -0.05) is 31.0 Å². The van der Waals surface area contributed by atoms with Gasteiger partial charge in [0.1, 0.15) is 5.75 Å². The minimum Gasteiger partial charge on any atom is -0.495 e. The van der Waals surface area contributed by atoms with Crippen molar-refractivity contribution in [2.24, 2.45) is 0 Å². The van der Waals surface area contributed by atoms with E-state index in [1.54, 1.807) is 21.3 Å². The highest BCUT2D eigenvalue weighted by Gasteiger charge is 2.23. The topological polar surface area (TPSA) is 69.7 Å². The second kappa shape index (κ2) is 18.7. The summed E-state index contributed by atoms with van der Waals surface area (Å²) in [5.74, 6) is 2.84. The van der Waals surface area contributed by atoms with Crippen LogP contribution in [-0.4, -0.2) is 71.6 Å². The Morgan fingerprint density at radius 1 is 0.795 bits per heavy atom. The third-order valence-electron chi connectivity index (χ3n) is 6.60. The first kappa shape index (κ1) is 34.5. The lowest BCUT2D eigenvalue weighted by atomic mass is 10.1. The molecule has 1 heterocycles. The molecule has 0 aromatic heterocycles. The van der Waals surface area contributed by atoms with Crippen LogP contribution in [0.4, 0.5) is 5.69 Å². The van der Waals surface area contributed by atoms with E-state index >= 15 is 0 Å². The number of anilines is 1. The van der Waals surface area contributed by atoms with Crippen molar-refractivity contribution < 1.29 is 28.5 Å². The van der Waals surface area contributed by atoms with E-state index in [1.165, 1.54) is 0 Å². The fourth-order valence-corrected chi connectivity index (χ4v) is 4.63. The zero-order chi connectivity index (χ0) is 26.5. The first-order valence-corrected chi connectivity index (χ1v) is 13.2. The molecule has 0 bridgehead atoms. The van der Waals surface area contributed by atoms with Crippen molar-refractivity contribution in [3.05, 3.63) is 42.0 Å². The number of carbonyl (C=O) groups is 1. The highest BCUT2D eigenvalue weighted by Crippen LogP contribution is 2.41. The van der Waals surface area contributed by atoms with E-state index in [0.717, 1.165) is 81.2 Å². The number of ether oxygens (including phenoxy) is 5. The van der Waals surface area contributed by atoms with Gasteiger partial charge in [0.15, 0.2) is 11.5 Å². The van der Waals surface area contributed by atoms with Crippen molar-refractivity contribution in [3.8, 4) is 23.0 Å². The number of esters is 1. The maximum atomic E-state index is 11.5. The summed E-state index contributed by atoms with van der Waals surface area (Å²) in [7, 11) is 5.01. The molecule has 1 fully saturated rings. The maximum Gasteiger partial charge on any atom is 0.305 e. The van der Waals surface area contributed by atoms with Gasteiger partial charge < -0.3 is 28.6 Å². The number of carbonyl (C=O) groups excluding carboxylic acids is 1. The molecular weight excluding hydrogens is 543 g/mol. The molecule has 2 aromatic rings. The minimum absolute atomic E-state index is 0.